The van der Waals surface area contributed by atoms with E-state index in [2.05, 4.69) is 34.8 Å². The minimum Gasteiger partial charge on any atom is -0.392 e. The summed E-state index contributed by atoms with van der Waals surface area (Å²) < 4.78 is 1.95. The van der Waals surface area contributed by atoms with Crippen LogP contribution in [-0.4, -0.2) is 62.8 Å². The van der Waals surface area contributed by atoms with Crippen LogP contribution in [0.25, 0.3) is 0 Å². The number of hydrogen-bond acceptors (Lipinski definition) is 4. The highest BCUT2D eigenvalue weighted by Gasteiger charge is 2.32. The van der Waals surface area contributed by atoms with Gasteiger partial charge in [-0.3, -0.25) is 9.58 Å². The van der Waals surface area contributed by atoms with Crippen molar-refractivity contribution in [2.24, 2.45) is 12.8 Å². The van der Waals surface area contributed by atoms with Crippen molar-refractivity contribution in [2.45, 2.75) is 25.8 Å². The molecule has 0 amide bonds. The number of piperazine rings is 1. The zero-order valence-electron chi connectivity index (χ0n) is 12.7. The molecule has 5 nitrogen and oxygen atoms in total. The molecule has 0 aromatic carbocycles. The molecule has 1 saturated heterocycles. The van der Waals surface area contributed by atoms with Crippen LogP contribution in [0.3, 0.4) is 0 Å². The van der Waals surface area contributed by atoms with Gasteiger partial charge in [0.25, 0.3) is 0 Å². The number of hydrogen-bond donors (Lipinski definition) is 1. The zero-order valence-corrected chi connectivity index (χ0v) is 13.5. The van der Waals surface area contributed by atoms with Crippen LogP contribution < -0.4 is 5.73 Å². The van der Waals surface area contributed by atoms with Crippen molar-refractivity contribution in [1.82, 2.24) is 19.6 Å². The first-order chi connectivity index (χ1) is 9.41. The van der Waals surface area contributed by atoms with Gasteiger partial charge in [-0.1, -0.05) is 12.2 Å². The molecule has 0 unspecified atom stereocenters. The molecule has 0 atom stereocenters. The van der Waals surface area contributed by atoms with E-state index >= 15 is 0 Å². The second-order valence-corrected chi connectivity index (χ2v) is 6.39. The van der Waals surface area contributed by atoms with Crippen molar-refractivity contribution < 1.29 is 0 Å². The third kappa shape index (κ3) is 3.37. The molecule has 20 heavy (non-hydrogen) atoms. The molecule has 0 aliphatic carbocycles. The Morgan fingerprint density at radius 3 is 2.50 bits per heavy atom. The summed E-state index contributed by atoms with van der Waals surface area (Å²) in [6, 6.07) is 2.09. The maximum absolute atomic E-state index is 5.84. The van der Waals surface area contributed by atoms with E-state index in [4.69, 9.17) is 18.0 Å². The molecule has 1 aliphatic rings. The molecule has 2 rings (SSSR count). The van der Waals surface area contributed by atoms with Gasteiger partial charge in [0.2, 0.25) is 0 Å². The monoisotopic (exact) mass is 295 g/mol. The molecule has 0 radical (unpaired) electrons. The standard InChI is InChI=1S/C14H25N5S/c1-14(2,13(15)20)19-10-8-18(9-11-19)7-5-12-4-6-16-17(12)3/h4,6H,5,7-11H2,1-3H3,(H2,15,20). The number of rotatable bonds is 5. The van der Waals surface area contributed by atoms with Gasteiger partial charge in [0.05, 0.1) is 10.5 Å². The van der Waals surface area contributed by atoms with Crippen LogP contribution in [0.1, 0.15) is 19.5 Å². The Bertz CT molecular complexity index is 460. The number of thiocarbonyl (C=S) groups is 1. The first-order valence-corrected chi connectivity index (χ1v) is 7.56. The Balaban J connectivity index is 1.80. The van der Waals surface area contributed by atoms with Gasteiger partial charge < -0.3 is 10.6 Å². The lowest BCUT2D eigenvalue weighted by molar-refractivity contribution is 0.0864. The fourth-order valence-corrected chi connectivity index (χ4v) is 2.73. The average Bonchev–Trinajstić information content (AvgIpc) is 2.82. The third-order valence-corrected chi connectivity index (χ3v) is 4.87. The third-order valence-electron chi connectivity index (χ3n) is 4.37. The predicted molar refractivity (Wildman–Crippen MR) is 85.8 cm³/mol. The molecule has 0 saturated carbocycles. The van der Waals surface area contributed by atoms with Crippen LogP contribution >= 0.6 is 12.2 Å². The highest BCUT2D eigenvalue weighted by atomic mass is 32.1. The van der Waals surface area contributed by atoms with E-state index < -0.39 is 0 Å². The first kappa shape index (κ1) is 15.4. The van der Waals surface area contributed by atoms with Crippen molar-refractivity contribution in [2.75, 3.05) is 32.7 Å². The maximum Gasteiger partial charge on any atom is 0.0928 e. The minimum absolute atomic E-state index is 0.177. The van der Waals surface area contributed by atoms with E-state index in [1.807, 2.05) is 17.9 Å². The van der Waals surface area contributed by atoms with Gasteiger partial charge >= 0.3 is 0 Å². The lowest BCUT2D eigenvalue weighted by atomic mass is 10.0. The lowest BCUT2D eigenvalue weighted by Gasteiger charge is -2.43. The topological polar surface area (TPSA) is 50.3 Å². The first-order valence-electron chi connectivity index (χ1n) is 7.15. The molecule has 1 aromatic rings. The van der Waals surface area contributed by atoms with Crippen LogP contribution in [0.4, 0.5) is 0 Å². The van der Waals surface area contributed by atoms with Gasteiger partial charge in [0, 0.05) is 58.1 Å². The van der Waals surface area contributed by atoms with Gasteiger partial charge in [-0.05, 0) is 19.9 Å². The lowest BCUT2D eigenvalue weighted by Crippen LogP contribution is -2.59. The van der Waals surface area contributed by atoms with Crippen LogP contribution in [0, 0.1) is 0 Å². The molecule has 1 fully saturated rings. The van der Waals surface area contributed by atoms with E-state index in [0.29, 0.717) is 4.99 Å². The molecular weight excluding hydrogens is 270 g/mol. The molecule has 112 valence electrons. The maximum atomic E-state index is 5.84. The van der Waals surface area contributed by atoms with Gasteiger partial charge in [0.1, 0.15) is 0 Å². The fraction of sp³-hybridized carbons (Fsp3) is 0.714. The van der Waals surface area contributed by atoms with Crippen LogP contribution in [-0.2, 0) is 13.5 Å². The van der Waals surface area contributed by atoms with Gasteiger partial charge in [-0.15, -0.1) is 0 Å². The van der Waals surface area contributed by atoms with Crippen LogP contribution in [0.15, 0.2) is 12.3 Å². The molecule has 6 heteroatoms. The van der Waals surface area contributed by atoms with E-state index in [9.17, 15) is 0 Å². The molecule has 1 aromatic heterocycles. The summed E-state index contributed by atoms with van der Waals surface area (Å²) in [5.41, 5.74) is 6.95. The highest BCUT2D eigenvalue weighted by molar-refractivity contribution is 7.80. The molecule has 0 bridgehead atoms. The number of aryl methyl sites for hydroxylation is 1. The molecule has 2 heterocycles. The second-order valence-electron chi connectivity index (χ2n) is 5.95. The van der Waals surface area contributed by atoms with Gasteiger partial charge in [0.15, 0.2) is 0 Å². The number of nitrogens with two attached hydrogens (primary N) is 1. The summed E-state index contributed by atoms with van der Waals surface area (Å²) in [6.07, 6.45) is 2.91. The normalized spacial score (nSPS) is 18.4. The summed E-state index contributed by atoms with van der Waals surface area (Å²) in [5.74, 6) is 0. The molecule has 1 aliphatic heterocycles. The molecule has 2 N–H and O–H groups in total. The summed E-state index contributed by atoms with van der Waals surface area (Å²) in [4.78, 5) is 5.47. The molecule has 0 spiro atoms. The summed E-state index contributed by atoms with van der Waals surface area (Å²) in [6.45, 7) is 9.50. The molecular formula is C14H25N5S. The van der Waals surface area contributed by atoms with E-state index in [1.165, 1.54) is 5.69 Å². The minimum atomic E-state index is -0.177. The average molecular weight is 295 g/mol. The Morgan fingerprint density at radius 2 is 2.00 bits per heavy atom. The Labute approximate surface area is 126 Å². The van der Waals surface area contributed by atoms with Crippen molar-refractivity contribution in [3.8, 4) is 0 Å². The van der Waals surface area contributed by atoms with E-state index in [0.717, 1.165) is 39.1 Å². The van der Waals surface area contributed by atoms with E-state index in [-0.39, 0.29) is 5.54 Å². The largest absolute Gasteiger partial charge is 0.392 e. The fourth-order valence-electron chi connectivity index (χ4n) is 2.61. The van der Waals surface area contributed by atoms with Crippen molar-refractivity contribution in [1.29, 1.82) is 0 Å². The quantitative estimate of drug-likeness (QED) is 0.808. The Morgan fingerprint density at radius 1 is 1.35 bits per heavy atom. The number of nitrogens with zero attached hydrogens (tertiary/aromatic N) is 4. The zero-order chi connectivity index (χ0) is 14.8. The number of aromatic nitrogens is 2. The van der Waals surface area contributed by atoms with Crippen molar-refractivity contribution in [3.05, 3.63) is 18.0 Å². The Kier molecular flexibility index (Phi) is 4.78. The van der Waals surface area contributed by atoms with Gasteiger partial charge in [-0.25, -0.2) is 0 Å². The summed E-state index contributed by atoms with van der Waals surface area (Å²) in [7, 11) is 2.00. The van der Waals surface area contributed by atoms with Crippen molar-refractivity contribution in [3.63, 3.8) is 0 Å². The van der Waals surface area contributed by atoms with Crippen LogP contribution in [0.5, 0.6) is 0 Å². The van der Waals surface area contributed by atoms with E-state index in [1.54, 1.807) is 0 Å². The predicted octanol–water partition coefficient (Wildman–Crippen LogP) is 0.645. The second kappa shape index (κ2) is 6.20. The SMILES string of the molecule is Cn1nccc1CCN1CCN(C(C)(C)C(N)=S)CC1. The summed E-state index contributed by atoms with van der Waals surface area (Å²) in [5, 5.41) is 4.21. The van der Waals surface area contributed by atoms with Gasteiger partial charge in [-0.2, -0.15) is 5.10 Å². The van der Waals surface area contributed by atoms with Crippen molar-refractivity contribution >= 4 is 17.2 Å². The van der Waals surface area contributed by atoms with Crippen LogP contribution in [0.2, 0.25) is 0 Å². The smallest absolute Gasteiger partial charge is 0.0928 e. The summed E-state index contributed by atoms with van der Waals surface area (Å²) >= 11 is 5.17. The Hall–Kier alpha value is -0.980. The highest BCUT2D eigenvalue weighted by Crippen LogP contribution is 2.17.